The third kappa shape index (κ3) is 2.64. The van der Waals surface area contributed by atoms with Gasteiger partial charge in [-0.3, -0.25) is 4.79 Å². The van der Waals surface area contributed by atoms with Crippen molar-refractivity contribution in [3.05, 3.63) is 51.8 Å². The number of nitrogens with one attached hydrogen (secondary N) is 2. The number of anilines is 1. The Bertz CT molecular complexity index is 782. The van der Waals surface area contributed by atoms with Crippen LogP contribution in [-0.2, 0) is 0 Å². The number of halogens is 1. The first-order chi connectivity index (χ1) is 10.2. The Morgan fingerprint density at radius 2 is 2.19 bits per heavy atom. The first kappa shape index (κ1) is 13.7. The van der Waals surface area contributed by atoms with Crippen LogP contribution in [0.3, 0.4) is 0 Å². The van der Waals surface area contributed by atoms with Crippen LogP contribution < -0.4 is 10.7 Å². The maximum atomic E-state index is 12.4. The number of hydrogen-bond donors (Lipinski definition) is 2. The van der Waals surface area contributed by atoms with Gasteiger partial charge in [0.25, 0.3) is 0 Å². The van der Waals surface area contributed by atoms with E-state index in [1.807, 2.05) is 12.2 Å². The van der Waals surface area contributed by atoms with Gasteiger partial charge in [0.1, 0.15) is 5.69 Å². The number of nitrogens with zero attached hydrogens (tertiary/aromatic N) is 1. The third-order valence-electron chi connectivity index (χ3n) is 3.45. The molecule has 0 saturated carbocycles. The van der Waals surface area contributed by atoms with Crippen LogP contribution in [0.25, 0.3) is 10.9 Å². The molecule has 0 atom stereocenters. The lowest BCUT2D eigenvalue weighted by Gasteiger charge is -2.23. The number of aromatic amines is 1. The summed E-state index contributed by atoms with van der Waals surface area (Å²) in [6, 6.07) is 4.82. The molecule has 1 aliphatic rings. The molecule has 0 bridgehead atoms. The molecule has 2 amide bonds. The van der Waals surface area contributed by atoms with Gasteiger partial charge in [-0.05, 0) is 18.6 Å². The van der Waals surface area contributed by atoms with E-state index < -0.39 is 0 Å². The highest BCUT2D eigenvalue weighted by Crippen LogP contribution is 2.19. The lowest BCUT2D eigenvalue weighted by molar-refractivity contribution is 0.216. The van der Waals surface area contributed by atoms with Gasteiger partial charge in [-0.25, -0.2) is 4.79 Å². The average Bonchev–Trinajstić information content (AvgIpc) is 2.51. The van der Waals surface area contributed by atoms with Crippen LogP contribution in [-0.4, -0.2) is 29.0 Å². The van der Waals surface area contributed by atoms with Crippen molar-refractivity contribution in [2.45, 2.75) is 6.42 Å². The topological polar surface area (TPSA) is 65.2 Å². The molecule has 0 unspecified atom stereocenters. The Labute approximate surface area is 126 Å². The Morgan fingerprint density at radius 3 is 2.95 bits per heavy atom. The lowest BCUT2D eigenvalue weighted by atomic mass is 10.2. The van der Waals surface area contributed by atoms with E-state index in [4.69, 9.17) is 11.6 Å². The number of pyridine rings is 1. The van der Waals surface area contributed by atoms with Crippen molar-refractivity contribution >= 4 is 34.2 Å². The maximum absolute atomic E-state index is 12.4. The zero-order chi connectivity index (χ0) is 14.8. The molecular formula is C15H14ClN3O2. The molecule has 2 N–H and O–H groups in total. The molecule has 0 fully saturated rings. The first-order valence-electron chi connectivity index (χ1n) is 6.67. The van der Waals surface area contributed by atoms with Gasteiger partial charge in [0.2, 0.25) is 5.43 Å². The smallest absolute Gasteiger partial charge is 0.322 e. The van der Waals surface area contributed by atoms with Gasteiger partial charge in [0.15, 0.2) is 0 Å². The van der Waals surface area contributed by atoms with Crippen molar-refractivity contribution in [3.63, 3.8) is 0 Å². The van der Waals surface area contributed by atoms with Gasteiger partial charge in [0.05, 0.1) is 10.5 Å². The number of fused-ring (bicyclic) bond motifs is 1. The standard InChI is InChI=1S/C15H14ClN3O2/c16-11-6-4-5-10-13(11)17-9-12(14(10)20)18-15(21)19-7-2-1-3-8-19/h1-2,4-6,9H,3,7-8H2,(H,17,20)(H,18,21). The number of carbonyl (C=O) groups excluding carboxylic acids is 1. The van der Waals surface area contributed by atoms with Crippen LogP contribution in [0.15, 0.2) is 41.3 Å². The minimum atomic E-state index is -0.272. The van der Waals surface area contributed by atoms with Crippen LogP contribution >= 0.6 is 11.6 Å². The number of benzene rings is 1. The molecule has 0 saturated heterocycles. The average molecular weight is 304 g/mol. The van der Waals surface area contributed by atoms with E-state index in [-0.39, 0.29) is 17.1 Å². The van der Waals surface area contributed by atoms with Crippen molar-refractivity contribution in [2.75, 3.05) is 18.4 Å². The molecule has 1 aromatic carbocycles. The number of amides is 2. The minimum absolute atomic E-state index is 0.226. The highest BCUT2D eigenvalue weighted by Gasteiger charge is 2.16. The summed E-state index contributed by atoms with van der Waals surface area (Å²) in [6.07, 6.45) is 6.29. The minimum Gasteiger partial charge on any atom is -0.358 e. The van der Waals surface area contributed by atoms with E-state index in [9.17, 15) is 9.59 Å². The van der Waals surface area contributed by atoms with E-state index >= 15 is 0 Å². The van der Waals surface area contributed by atoms with Crippen LogP contribution in [0.4, 0.5) is 10.5 Å². The van der Waals surface area contributed by atoms with Gasteiger partial charge in [-0.1, -0.05) is 29.8 Å². The second-order valence-corrected chi connectivity index (χ2v) is 5.24. The Kier molecular flexibility index (Phi) is 3.66. The van der Waals surface area contributed by atoms with Crippen molar-refractivity contribution in [1.29, 1.82) is 0 Å². The molecule has 0 spiro atoms. The number of rotatable bonds is 1. The molecule has 1 aromatic heterocycles. The van der Waals surface area contributed by atoms with Crippen LogP contribution in [0.1, 0.15) is 6.42 Å². The lowest BCUT2D eigenvalue weighted by Crippen LogP contribution is -2.38. The predicted molar refractivity (Wildman–Crippen MR) is 83.9 cm³/mol. The summed E-state index contributed by atoms with van der Waals surface area (Å²) in [7, 11) is 0. The van der Waals surface area contributed by atoms with Crippen molar-refractivity contribution in [3.8, 4) is 0 Å². The summed E-state index contributed by atoms with van der Waals surface area (Å²) >= 11 is 6.04. The summed E-state index contributed by atoms with van der Waals surface area (Å²) in [5.41, 5.74) is 0.555. The molecule has 2 aromatic rings. The fourth-order valence-electron chi connectivity index (χ4n) is 2.33. The zero-order valence-electron chi connectivity index (χ0n) is 11.2. The monoisotopic (exact) mass is 303 g/mol. The molecule has 21 heavy (non-hydrogen) atoms. The highest BCUT2D eigenvalue weighted by molar-refractivity contribution is 6.35. The normalized spacial score (nSPS) is 14.4. The van der Waals surface area contributed by atoms with Gasteiger partial charge < -0.3 is 15.2 Å². The number of hydrogen-bond acceptors (Lipinski definition) is 2. The maximum Gasteiger partial charge on any atom is 0.322 e. The van der Waals surface area contributed by atoms with Gasteiger partial charge in [-0.15, -0.1) is 0 Å². The second kappa shape index (κ2) is 5.61. The summed E-state index contributed by atoms with van der Waals surface area (Å²) < 4.78 is 0. The van der Waals surface area contributed by atoms with Crippen molar-refractivity contribution < 1.29 is 4.79 Å². The first-order valence-corrected chi connectivity index (χ1v) is 7.05. The summed E-state index contributed by atoms with van der Waals surface area (Å²) in [5, 5.41) is 3.59. The SMILES string of the molecule is O=C(Nc1c[nH]c2c(Cl)cccc2c1=O)N1CC=CCC1. The fraction of sp³-hybridized carbons (Fsp3) is 0.200. The van der Waals surface area contributed by atoms with Crippen molar-refractivity contribution in [1.82, 2.24) is 9.88 Å². The molecular weight excluding hydrogens is 290 g/mol. The Balaban J connectivity index is 1.91. The predicted octanol–water partition coefficient (Wildman–Crippen LogP) is 2.98. The molecule has 3 rings (SSSR count). The Hall–Kier alpha value is -2.27. The van der Waals surface area contributed by atoms with Crippen LogP contribution in [0.2, 0.25) is 5.02 Å². The van der Waals surface area contributed by atoms with E-state index in [0.29, 0.717) is 29.0 Å². The highest BCUT2D eigenvalue weighted by atomic mass is 35.5. The van der Waals surface area contributed by atoms with Gasteiger partial charge in [0, 0.05) is 24.7 Å². The van der Waals surface area contributed by atoms with E-state index in [2.05, 4.69) is 10.3 Å². The number of H-pyrrole nitrogens is 1. The number of carbonyl (C=O) groups is 1. The molecule has 1 aliphatic heterocycles. The third-order valence-corrected chi connectivity index (χ3v) is 3.77. The van der Waals surface area contributed by atoms with E-state index in [1.54, 1.807) is 23.1 Å². The molecule has 6 heteroatoms. The molecule has 0 aliphatic carbocycles. The van der Waals surface area contributed by atoms with Crippen LogP contribution in [0.5, 0.6) is 0 Å². The number of para-hydroxylation sites is 1. The number of aromatic nitrogens is 1. The molecule has 5 nitrogen and oxygen atoms in total. The second-order valence-electron chi connectivity index (χ2n) is 4.83. The van der Waals surface area contributed by atoms with Crippen LogP contribution in [0, 0.1) is 0 Å². The fourth-order valence-corrected chi connectivity index (χ4v) is 2.56. The van der Waals surface area contributed by atoms with Crippen molar-refractivity contribution in [2.24, 2.45) is 0 Å². The zero-order valence-corrected chi connectivity index (χ0v) is 12.0. The summed E-state index contributed by atoms with van der Waals surface area (Å²) in [4.78, 5) is 29.1. The largest absolute Gasteiger partial charge is 0.358 e. The number of urea groups is 1. The van der Waals surface area contributed by atoms with Gasteiger partial charge >= 0.3 is 6.03 Å². The molecule has 108 valence electrons. The quantitative estimate of drug-likeness (QED) is 0.795. The van der Waals surface area contributed by atoms with E-state index in [1.165, 1.54) is 6.20 Å². The van der Waals surface area contributed by atoms with Gasteiger partial charge in [-0.2, -0.15) is 0 Å². The molecule has 2 heterocycles. The summed E-state index contributed by atoms with van der Waals surface area (Å²) in [5.74, 6) is 0. The molecule has 0 radical (unpaired) electrons. The Morgan fingerprint density at radius 1 is 1.33 bits per heavy atom. The summed E-state index contributed by atoms with van der Waals surface area (Å²) in [6.45, 7) is 1.21. The van der Waals surface area contributed by atoms with E-state index in [0.717, 1.165) is 6.42 Å².